The Morgan fingerprint density at radius 1 is 0.540 bits per heavy atom. The van der Waals surface area contributed by atoms with Crippen molar-refractivity contribution in [1.82, 2.24) is 0 Å². The molecular formula is C41H26BrNO7. The smallest absolute Gasteiger partial charge is 0.239 e. The molecule has 3 aliphatic heterocycles. The summed E-state index contributed by atoms with van der Waals surface area (Å²) in [6.45, 7) is 0.145. The zero-order valence-electron chi connectivity index (χ0n) is 26.3. The van der Waals surface area contributed by atoms with E-state index in [0.29, 0.717) is 62.1 Å². The summed E-state index contributed by atoms with van der Waals surface area (Å²) in [7, 11) is 0. The number of ketones is 1. The molecule has 244 valence electrons. The number of nitrogens with zero attached hydrogens (tertiary/aromatic N) is 1. The molecule has 4 atom stereocenters. The molecule has 5 aromatic rings. The Bertz CT molecular complexity index is 2200. The van der Waals surface area contributed by atoms with Crippen molar-refractivity contribution in [2.75, 3.05) is 18.5 Å². The lowest BCUT2D eigenvalue weighted by molar-refractivity contribution is -0.130. The van der Waals surface area contributed by atoms with Crippen LogP contribution in [0.1, 0.15) is 22.3 Å². The number of carbonyl (C=O) groups is 3. The van der Waals surface area contributed by atoms with Gasteiger partial charge in [0.25, 0.3) is 0 Å². The second-order valence-electron chi connectivity index (χ2n) is 13.0. The summed E-state index contributed by atoms with van der Waals surface area (Å²) >= 11 is 3.52. The normalized spacial score (nSPS) is 25.5. The SMILES string of the molecule is O=C1[C@@H]2[C@H](C(=O)N1c1cccc(Br)c1)[C@@]1(c3ccccc3)C(=O)[C@@]2(c2ccccc2)C(c2ccc3c(c2)OCO3)=C1c1ccc2c(c1)OCO2. The molecule has 5 aliphatic rings. The van der Waals surface area contributed by atoms with Gasteiger partial charge in [-0.2, -0.15) is 0 Å². The van der Waals surface area contributed by atoms with Crippen molar-refractivity contribution in [2.45, 2.75) is 10.8 Å². The number of Topliss-reactive ketones (excluding diaryl/α,β-unsaturated/α-hetero) is 1. The summed E-state index contributed by atoms with van der Waals surface area (Å²) in [6.07, 6.45) is 0. The van der Waals surface area contributed by atoms with Crippen LogP contribution in [0.4, 0.5) is 5.69 Å². The van der Waals surface area contributed by atoms with Crippen LogP contribution in [0.25, 0.3) is 11.1 Å². The molecule has 0 unspecified atom stereocenters. The van der Waals surface area contributed by atoms with Gasteiger partial charge >= 0.3 is 0 Å². The third kappa shape index (κ3) is 3.57. The number of imide groups is 1. The van der Waals surface area contributed by atoms with Gasteiger partial charge in [-0.25, -0.2) is 4.90 Å². The minimum Gasteiger partial charge on any atom is -0.454 e. The van der Waals surface area contributed by atoms with Crippen LogP contribution in [0.15, 0.2) is 126 Å². The Hall–Kier alpha value is -5.67. The van der Waals surface area contributed by atoms with E-state index in [1.54, 1.807) is 18.2 Å². The van der Waals surface area contributed by atoms with Crippen LogP contribution in [-0.2, 0) is 25.2 Å². The minimum absolute atomic E-state index is 0.0723. The number of hydrogen-bond donors (Lipinski definition) is 0. The van der Waals surface area contributed by atoms with E-state index in [2.05, 4.69) is 15.9 Å². The molecule has 2 amide bonds. The first-order valence-electron chi connectivity index (χ1n) is 16.3. The summed E-state index contributed by atoms with van der Waals surface area (Å²) in [5.41, 5.74) is 1.27. The number of anilines is 1. The van der Waals surface area contributed by atoms with E-state index >= 15 is 14.4 Å². The predicted molar refractivity (Wildman–Crippen MR) is 187 cm³/mol. The molecule has 5 aromatic carbocycles. The predicted octanol–water partition coefficient (Wildman–Crippen LogP) is 7.10. The number of benzene rings is 5. The summed E-state index contributed by atoms with van der Waals surface area (Å²) in [6, 6.07) is 37.2. The Labute approximate surface area is 295 Å². The van der Waals surface area contributed by atoms with Crippen molar-refractivity contribution in [3.8, 4) is 23.0 Å². The monoisotopic (exact) mass is 723 g/mol. The minimum atomic E-state index is -1.56. The first kappa shape index (κ1) is 29.3. The van der Waals surface area contributed by atoms with E-state index in [4.69, 9.17) is 18.9 Å². The zero-order valence-corrected chi connectivity index (χ0v) is 27.9. The maximum Gasteiger partial charge on any atom is 0.239 e. The molecule has 2 aliphatic carbocycles. The van der Waals surface area contributed by atoms with Crippen LogP contribution in [0, 0.1) is 11.8 Å². The van der Waals surface area contributed by atoms with Gasteiger partial charge in [-0.1, -0.05) is 94.8 Å². The lowest BCUT2D eigenvalue weighted by Crippen LogP contribution is -2.45. The summed E-state index contributed by atoms with van der Waals surface area (Å²) < 4.78 is 23.8. The quantitative estimate of drug-likeness (QED) is 0.179. The molecule has 1 saturated carbocycles. The van der Waals surface area contributed by atoms with E-state index in [1.165, 1.54) is 4.90 Å². The number of fused-ring (bicyclic) bond motifs is 7. The largest absolute Gasteiger partial charge is 0.454 e. The second-order valence-corrected chi connectivity index (χ2v) is 13.9. The maximum atomic E-state index is 16.2. The molecule has 0 spiro atoms. The van der Waals surface area contributed by atoms with Crippen LogP contribution < -0.4 is 23.8 Å². The number of amides is 2. The highest BCUT2D eigenvalue weighted by Gasteiger charge is 2.82. The van der Waals surface area contributed by atoms with Crippen molar-refractivity contribution >= 4 is 50.4 Å². The van der Waals surface area contributed by atoms with Crippen LogP contribution in [0.5, 0.6) is 23.0 Å². The molecule has 10 rings (SSSR count). The fraction of sp³-hybridized carbons (Fsp3) is 0.146. The van der Waals surface area contributed by atoms with Gasteiger partial charge in [0.1, 0.15) is 0 Å². The molecule has 3 heterocycles. The van der Waals surface area contributed by atoms with E-state index < -0.39 is 34.5 Å². The van der Waals surface area contributed by atoms with E-state index in [1.807, 2.05) is 103 Å². The zero-order chi connectivity index (χ0) is 33.8. The van der Waals surface area contributed by atoms with Gasteiger partial charge in [0.2, 0.25) is 25.4 Å². The highest BCUT2D eigenvalue weighted by atomic mass is 79.9. The number of allylic oxidation sites excluding steroid dienone is 2. The van der Waals surface area contributed by atoms with Crippen molar-refractivity contribution in [3.63, 3.8) is 0 Å². The van der Waals surface area contributed by atoms with E-state index in [9.17, 15) is 0 Å². The standard InChI is InChI=1S/C41H26BrNO7/c42-27-12-7-13-28(20-27)43-37(44)35-36(38(43)45)41(26-10-5-2-6-11-26)34(24-15-17-30-32(19-24)50-22-48-30)33(23-14-16-29-31(18-23)49-21-47-29)40(35,39(41)46)25-8-3-1-4-9-25/h1-20,35-36H,21-22H2/t35-,36+,40-,41-/m0/s1. The molecule has 9 heteroatoms. The molecule has 0 aromatic heterocycles. The summed E-state index contributed by atoms with van der Waals surface area (Å²) in [5.74, 6) is -0.913. The highest BCUT2D eigenvalue weighted by molar-refractivity contribution is 9.10. The topological polar surface area (TPSA) is 91.4 Å². The number of hydrogen-bond acceptors (Lipinski definition) is 7. The van der Waals surface area contributed by atoms with Crippen molar-refractivity contribution < 1.29 is 33.3 Å². The van der Waals surface area contributed by atoms with E-state index in [-0.39, 0.29) is 19.4 Å². The lowest BCUT2D eigenvalue weighted by atomic mass is 9.59. The van der Waals surface area contributed by atoms with Gasteiger partial charge in [-0.05, 0) is 75.9 Å². The van der Waals surface area contributed by atoms with Gasteiger partial charge in [-0.3, -0.25) is 14.4 Å². The Kier molecular flexibility index (Phi) is 6.10. The Balaban J connectivity index is 1.37. The molecule has 8 nitrogen and oxygen atoms in total. The number of halogens is 1. The van der Waals surface area contributed by atoms with Crippen molar-refractivity contribution in [2.24, 2.45) is 11.8 Å². The first-order valence-corrected chi connectivity index (χ1v) is 17.1. The molecule has 2 fully saturated rings. The number of ether oxygens (including phenoxy) is 4. The van der Waals surface area contributed by atoms with Crippen molar-refractivity contribution in [3.05, 3.63) is 148 Å². The number of rotatable bonds is 5. The molecular weight excluding hydrogens is 698 g/mol. The lowest BCUT2D eigenvalue weighted by Gasteiger charge is -2.39. The average Bonchev–Trinajstić information content (AvgIpc) is 3.95. The average molecular weight is 725 g/mol. The van der Waals surface area contributed by atoms with Gasteiger partial charge in [0.15, 0.2) is 28.8 Å². The van der Waals surface area contributed by atoms with Crippen LogP contribution in [0.3, 0.4) is 0 Å². The van der Waals surface area contributed by atoms with Gasteiger partial charge < -0.3 is 18.9 Å². The molecule has 0 N–H and O–H groups in total. The molecule has 2 bridgehead atoms. The van der Waals surface area contributed by atoms with Crippen LogP contribution >= 0.6 is 15.9 Å². The maximum absolute atomic E-state index is 16.2. The summed E-state index contributed by atoms with van der Waals surface area (Å²) in [5, 5.41) is 0. The van der Waals surface area contributed by atoms with E-state index in [0.717, 1.165) is 4.47 Å². The van der Waals surface area contributed by atoms with Crippen LogP contribution in [-0.4, -0.2) is 31.2 Å². The fourth-order valence-corrected chi connectivity index (χ4v) is 9.49. The fourth-order valence-electron chi connectivity index (χ4n) is 9.10. The summed E-state index contributed by atoms with van der Waals surface area (Å²) in [4.78, 5) is 47.8. The van der Waals surface area contributed by atoms with Gasteiger partial charge in [-0.15, -0.1) is 0 Å². The number of carbonyl (C=O) groups excluding carboxylic acids is 3. The van der Waals surface area contributed by atoms with Crippen molar-refractivity contribution in [1.29, 1.82) is 0 Å². The Morgan fingerprint density at radius 2 is 1.02 bits per heavy atom. The van der Waals surface area contributed by atoms with Gasteiger partial charge in [0.05, 0.1) is 28.4 Å². The Morgan fingerprint density at radius 3 is 1.50 bits per heavy atom. The third-order valence-corrected chi connectivity index (χ3v) is 11.3. The highest BCUT2D eigenvalue weighted by Crippen LogP contribution is 2.74. The second kappa shape index (κ2) is 10.4. The van der Waals surface area contributed by atoms with Gasteiger partial charge in [0, 0.05) is 4.47 Å². The molecule has 0 radical (unpaired) electrons. The van der Waals surface area contributed by atoms with Crippen LogP contribution in [0.2, 0.25) is 0 Å². The third-order valence-electron chi connectivity index (χ3n) is 10.8. The first-order chi connectivity index (χ1) is 24.5. The molecule has 50 heavy (non-hydrogen) atoms. The molecule has 1 saturated heterocycles.